The number of nitrogens with two attached hydrogens (primary N) is 1. The number of carbonyl (C=O) groups is 5. The van der Waals surface area contributed by atoms with Crippen LogP contribution in [0.15, 0.2) is 54.6 Å². The maximum absolute atomic E-state index is 13.9. The third-order valence-electron chi connectivity index (χ3n) is 10.5. The maximum atomic E-state index is 13.9. The molecule has 278 valence electrons. The molecule has 12 nitrogen and oxygen atoms in total. The van der Waals surface area contributed by atoms with E-state index >= 15 is 0 Å². The van der Waals surface area contributed by atoms with Gasteiger partial charge in [-0.1, -0.05) is 42.5 Å². The number of ether oxygens (including phenoxy) is 1. The second-order valence-electron chi connectivity index (χ2n) is 13.9. The summed E-state index contributed by atoms with van der Waals surface area (Å²) >= 11 is 1.51. The van der Waals surface area contributed by atoms with E-state index in [0.29, 0.717) is 18.1 Å². The highest BCUT2D eigenvalue weighted by Gasteiger charge is 2.56. The normalized spacial score (nSPS) is 24.6. The molecule has 2 aromatic rings. The fourth-order valence-electron chi connectivity index (χ4n) is 8.26. The molecular formula is C37H50ClN5O7S. The van der Waals surface area contributed by atoms with Crippen molar-refractivity contribution in [3.05, 3.63) is 65.7 Å². The standard InChI is InChI=1S/C37H49N5O7S.ClH/c1-49-37(48)32-24-14-23-15-25(19-24)33(27(32)16-23)42-36(47)30(18-21-6-4-3-5-7-21)40-31(44)20-39-35(46)29(12-13-50-2)41-34(45)28(38)17-22-8-10-26(43)11-9-22;/h3-11,23-25,27-30,32-33,43H,12-20,38H2,1-2H3,(H,39,46)(H,40,44)(H,41,45)(H,42,47);1H/t23?,24?,25?,27?,28-,29+,30-,32?,33?;/m0./s1. The van der Waals surface area contributed by atoms with Gasteiger partial charge in [0.05, 0.1) is 25.6 Å². The van der Waals surface area contributed by atoms with Gasteiger partial charge in [-0.2, -0.15) is 11.8 Å². The summed E-state index contributed by atoms with van der Waals surface area (Å²) < 4.78 is 5.17. The molecule has 9 atom stereocenters. The predicted molar refractivity (Wildman–Crippen MR) is 197 cm³/mol. The lowest BCUT2D eigenvalue weighted by Crippen LogP contribution is -2.63. The first-order chi connectivity index (χ1) is 24.1. The van der Waals surface area contributed by atoms with E-state index in [0.717, 1.165) is 36.8 Å². The molecule has 4 bridgehead atoms. The number of hydrogen-bond acceptors (Lipinski definition) is 9. The van der Waals surface area contributed by atoms with Crippen molar-refractivity contribution in [1.29, 1.82) is 0 Å². The van der Waals surface area contributed by atoms with Crippen LogP contribution < -0.4 is 27.0 Å². The Morgan fingerprint density at radius 1 is 0.863 bits per heavy atom. The fraction of sp³-hybridized carbons (Fsp3) is 0.541. The molecule has 6 unspecified atom stereocenters. The maximum Gasteiger partial charge on any atom is 0.309 e. The number of thioether (sulfide) groups is 1. The number of nitrogens with one attached hydrogen (secondary N) is 4. The number of aromatic hydroxyl groups is 1. The van der Waals surface area contributed by atoms with E-state index in [-0.39, 0.29) is 72.6 Å². The molecule has 0 aromatic heterocycles. The third-order valence-corrected chi connectivity index (χ3v) is 11.2. The van der Waals surface area contributed by atoms with Crippen LogP contribution >= 0.6 is 24.2 Å². The van der Waals surface area contributed by atoms with Gasteiger partial charge in [-0.3, -0.25) is 24.0 Å². The van der Waals surface area contributed by atoms with Crippen LogP contribution in [0.5, 0.6) is 5.75 Å². The molecule has 6 rings (SSSR count). The molecule has 4 amide bonds. The van der Waals surface area contributed by atoms with E-state index in [1.165, 1.54) is 31.0 Å². The SMILES string of the molecule is COC(=O)C1C2CC3CC(C2)C(NC(=O)[C@H](Cc2ccccc2)NC(=O)CNC(=O)[C@@H](CCSC)NC(=O)[C@@H](N)Cc2ccc(O)cc2)C1C3.Cl. The molecule has 0 saturated heterocycles. The average molecular weight is 744 g/mol. The van der Waals surface area contributed by atoms with Gasteiger partial charge in [0.25, 0.3) is 0 Å². The number of benzene rings is 2. The first kappa shape index (κ1) is 40.0. The van der Waals surface area contributed by atoms with Crippen molar-refractivity contribution in [1.82, 2.24) is 21.3 Å². The van der Waals surface area contributed by atoms with Crippen LogP contribution in [0.1, 0.15) is 43.2 Å². The molecular weight excluding hydrogens is 694 g/mol. The number of esters is 1. The van der Waals surface area contributed by atoms with Crippen molar-refractivity contribution in [3.63, 3.8) is 0 Å². The fourth-order valence-corrected chi connectivity index (χ4v) is 8.73. The summed E-state index contributed by atoms with van der Waals surface area (Å²) in [5.41, 5.74) is 7.75. The Kier molecular flexibility index (Phi) is 14.6. The van der Waals surface area contributed by atoms with Gasteiger partial charge in [-0.15, -0.1) is 12.4 Å². The minimum Gasteiger partial charge on any atom is -0.508 e. The van der Waals surface area contributed by atoms with Crippen molar-refractivity contribution in [2.75, 3.05) is 25.7 Å². The van der Waals surface area contributed by atoms with Gasteiger partial charge in [-0.25, -0.2) is 0 Å². The highest BCUT2D eigenvalue weighted by molar-refractivity contribution is 7.98. The van der Waals surface area contributed by atoms with Gasteiger partial charge in [0.2, 0.25) is 23.6 Å². The van der Waals surface area contributed by atoms with Crippen molar-refractivity contribution in [3.8, 4) is 5.75 Å². The second-order valence-corrected chi connectivity index (χ2v) is 14.9. The molecule has 0 radical (unpaired) electrons. The molecule has 14 heteroatoms. The van der Waals surface area contributed by atoms with Gasteiger partial charge < -0.3 is 36.8 Å². The van der Waals surface area contributed by atoms with Crippen LogP contribution in [0.4, 0.5) is 0 Å². The monoisotopic (exact) mass is 743 g/mol. The second kappa shape index (κ2) is 18.6. The first-order valence-corrected chi connectivity index (χ1v) is 18.8. The largest absolute Gasteiger partial charge is 0.508 e. The van der Waals surface area contributed by atoms with E-state index in [2.05, 4.69) is 21.3 Å². The number of methoxy groups -OCH3 is 1. The average Bonchev–Trinajstić information content (AvgIpc) is 3.11. The topological polar surface area (TPSA) is 189 Å². The van der Waals surface area contributed by atoms with Gasteiger partial charge in [-0.05, 0) is 97.5 Å². The van der Waals surface area contributed by atoms with E-state index in [1.807, 2.05) is 36.6 Å². The smallest absolute Gasteiger partial charge is 0.309 e. The molecule has 51 heavy (non-hydrogen) atoms. The van der Waals surface area contributed by atoms with Crippen LogP contribution in [0.25, 0.3) is 0 Å². The van der Waals surface area contributed by atoms with Crippen molar-refractivity contribution < 1.29 is 33.8 Å². The van der Waals surface area contributed by atoms with E-state index in [9.17, 15) is 29.1 Å². The first-order valence-electron chi connectivity index (χ1n) is 17.4. The number of carbonyl (C=O) groups excluding carboxylic acids is 5. The Morgan fingerprint density at radius 2 is 1.55 bits per heavy atom. The van der Waals surface area contributed by atoms with Crippen LogP contribution in [0, 0.1) is 29.6 Å². The molecule has 4 fully saturated rings. The van der Waals surface area contributed by atoms with Crippen molar-refractivity contribution >= 4 is 53.8 Å². The Labute approximate surface area is 309 Å². The van der Waals surface area contributed by atoms with E-state index < -0.39 is 42.4 Å². The number of halogens is 1. The van der Waals surface area contributed by atoms with Gasteiger partial charge >= 0.3 is 5.97 Å². The highest BCUT2D eigenvalue weighted by Crippen LogP contribution is 2.56. The Hall–Kier alpha value is -3.81. The molecule has 7 N–H and O–H groups in total. The van der Waals surface area contributed by atoms with E-state index in [1.54, 1.807) is 12.1 Å². The Balaban J connectivity index is 0.00000583. The van der Waals surface area contributed by atoms with E-state index in [4.69, 9.17) is 10.5 Å². The van der Waals surface area contributed by atoms with Crippen molar-refractivity contribution in [2.24, 2.45) is 35.3 Å². The minimum absolute atomic E-state index is 0. The summed E-state index contributed by atoms with van der Waals surface area (Å²) in [6.45, 7) is -0.398. The number of hydrogen-bond donors (Lipinski definition) is 6. The summed E-state index contributed by atoms with van der Waals surface area (Å²) in [7, 11) is 1.42. The highest BCUT2D eigenvalue weighted by atomic mass is 35.5. The summed E-state index contributed by atoms with van der Waals surface area (Å²) in [4.78, 5) is 66.1. The lowest BCUT2D eigenvalue weighted by Gasteiger charge is -2.57. The molecule has 2 aromatic carbocycles. The lowest BCUT2D eigenvalue weighted by molar-refractivity contribution is -0.163. The summed E-state index contributed by atoms with van der Waals surface area (Å²) in [5, 5.41) is 20.9. The van der Waals surface area contributed by atoms with Gasteiger partial charge in [0.15, 0.2) is 0 Å². The molecule has 4 aliphatic rings. The molecule has 0 spiro atoms. The van der Waals surface area contributed by atoms with Crippen LogP contribution in [-0.2, 0) is 41.6 Å². The molecule has 0 aliphatic heterocycles. The zero-order valence-corrected chi connectivity index (χ0v) is 30.7. The number of phenols is 1. The van der Waals surface area contributed by atoms with Crippen LogP contribution in [-0.4, -0.2) is 84.5 Å². The van der Waals surface area contributed by atoms with Crippen molar-refractivity contribution in [2.45, 2.75) is 69.1 Å². The van der Waals surface area contributed by atoms with Gasteiger partial charge in [0.1, 0.15) is 17.8 Å². The molecule has 0 heterocycles. The zero-order valence-electron chi connectivity index (χ0n) is 29.0. The summed E-state index contributed by atoms with van der Waals surface area (Å²) in [6.07, 6.45) is 6.45. The Bertz CT molecular complexity index is 1520. The summed E-state index contributed by atoms with van der Waals surface area (Å²) in [5.74, 6) is -0.586. The molecule has 4 aliphatic carbocycles. The zero-order chi connectivity index (χ0) is 35.8. The lowest BCUT2D eigenvalue weighted by atomic mass is 9.50. The number of phenolic OH excluding ortho intramolecular Hbond substituents is 1. The quantitative estimate of drug-likeness (QED) is 0.140. The Morgan fingerprint density at radius 3 is 2.24 bits per heavy atom. The summed E-state index contributed by atoms with van der Waals surface area (Å²) in [6, 6.07) is 12.8. The third kappa shape index (κ3) is 10.4. The molecule has 4 saturated carbocycles. The van der Waals surface area contributed by atoms with Gasteiger partial charge in [0, 0.05) is 12.5 Å². The van der Waals surface area contributed by atoms with Crippen LogP contribution in [0.2, 0.25) is 0 Å². The predicted octanol–water partition coefficient (Wildman–Crippen LogP) is 2.11. The van der Waals surface area contributed by atoms with Crippen LogP contribution in [0.3, 0.4) is 0 Å². The number of amides is 4. The number of rotatable bonds is 16. The minimum atomic E-state index is -0.929.